The molecule has 0 aliphatic carbocycles. The van der Waals surface area contributed by atoms with Crippen molar-refractivity contribution in [2.24, 2.45) is 0 Å². The SMILES string of the molecule is COc1ccc(CNC(C)CN2CCc3ccccc3C2)cn1. The lowest BCUT2D eigenvalue weighted by atomic mass is 10.00. The van der Waals surface area contributed by atoms with Crippen LogP contribution in [-0.4, -0.2) is 36.1 Å². The van der Waals surface area contributed by atoms with Gasteiger partial charge in [0.15, 0.2) is 0 Å². The lowest BCUT2D eigenvalue weighted by Gasteiger charge is -2.31. The molecule has 0 saturated carbocycles. The zero-order valence-electron chi connectivity index (χ0n) is 14.0. The van der Waals surface area contributed by atoms with Gasteiger partial charge >= 0.3 is 0 Å². The molecule has 1 unspecified atom stereocenters. The summed E-state index contributed by atoms with van der Waals surface area (Å²) >= 11 is 0. The second-order valence-corrected chi connectivity index (χ2v) is 6.24. The number of nitrogens with one attached hydrogen (secondary N) is 1. The molecule has 2 aromatic rings. The smallest absolute Gasteiger partial charge is 0.212 e. The summed E-state index contributed by atoms with van der Waals surface area (Å²) in [6, 6.07) is 13.2. The van der Waals surface area contributed by atoms with Gasteiger partial charge in [-0.1, -0.05) is 30.3 Å². The van der Waals surface area contributed by atoms with Crippen molar-refractivity contribution in [2.75, 3.05) is 20.2 Å². The summed E-state index contributed by atoms with van der Waals surface area (Å²) in [6.07, 6.45) is 3.03. The summed E-state index contributed by atoms with van der Waals surface area (Å²) in [5, 5.41) is 3.59. The molecule has 0 radical (unpaired) electrons. The van der Waals surface area contributed by atoms with Crippen molar-refractivity contribution in [3.63, 3.8) is 0 Å². The van der Waals surface area contributed by atoms with Gasteiger partial charge in [0.2, 0.25) is 5.88 Å². The third-order valence-electron chi connectivity index (χ3n) is 4.40. The number of nitrogens with zero attached hydrogens (tertiary/aromatic N) is 2. The van der Waals surface area contributed by atoms with Crippen molar-refractivity contribution in [3.05, 3.63) is 59.3 Å². The highest BCUT2D eigenvalue weighted by atomic mass is 16.5. The average molecular weight is 311 g/mol. The van der Waals surface area contributed by atoms with Crippen molar-refractivity contribution in [2.45, 2.75) is 32.5 Å². The van der Waals surface area contributed by atoms with Crippen LogP contribution in [0.15, 0.2) is 42.6 Å². The Hall–Kier alpha value is -1.91. The monoisotopic (exact) mass is 311 g/mol. The average Bonchev–Trinajstić information content (AvgIpc) is 2.60. The number of hydrogen-bond donors (Lipinski definition) is 1. The number of aromatic nitrogens is 1. The second kappa shape index (κ2) is 7.57. The third kappa shape index (κ3) is 4.30. The van der Waals surface area contributed by atoms with Gasteiger partial charge in [0.1, 0.15) is 0 Å². The van der Waals surface area contributed by atoms with Gasteiger partial charge in [-0.2, -0.15) is 0 Å². The molecular formula is C19H25N3O. The van der Waals surface area contributed by atoms with Crippen LogP contribution < -0.4 is 10.1 Å². The number of rotatable bonds is 6. The Balaban J connectivity index is 1.47. The maximum absolute atomic E-state index is 5.09. The Bertz CT molecular complexity index is 627. The predicted molar refractivity (Wildman–Crippen MR) is 92.5 cm³/mol. The molecule has 3 rings (SSSR count). The molecule has 2 heterocycles. The van der Waals surface area contributed by atoms with Crippen molar-refractivity contribution in [1.29, 1.82) is 0 Å². The topological polar surface area (TPSA) is 37.4 Å². The van der Waals surface area contributed by atoms with Gasteiger partial charge in [-0.3, -0.25) is 4.90 Å². The molecule has 0 spiro atoms. The number of pyridine rings is 1. The van der Waals surface area contributed by atoms with Crippen molar-refractivity contribution in [3.8, 4) is 5.88 Å². The fourth-order valence-corrected chi connectivity index (χ4v) is 3.09. The molecule has 1 aromatic heterocycles. The first-order valence-electron chi connectivity index (χ1n) is 8.26. The van der Waals surface area contributed by atoms with Crippen LogP contribution in [0.5, 0.6) is 5.88 Å². The zero-order valence-corrected chi connectivity index (χ0v) is 14.0. The Morgan fingerprint density at radius 2 is 2.04 bits per heavy atom. The summed E-state index contributed by atoms with van der Waals surface area (Å²) in [6.45, 7) is 6.36. The van der Waals surface area contributed by atoms with E-state index in [0.29, 0.717) is 11.9 Å². The van der Waals surface area contributed by atoms with Crippen LogP contribution >= 0.6 is 0 Å². The van der Waals surface area contributed by atoms with Gasteiger partial charge in [0, 0.05) is 44.5 Å². The number of hydrogen-bond acceptors (Lipinski definition) is 4. The fourth-order valence-electron chi connectivity index (χ4n) is 3.09. The largest absolute Gasteiger partial charge is 0.481 e. The molecule has 1 aliphatic rings. The Morgan fingerprint density at radius 3 is 2.78 bits per heavy atom. The molecule has 0 saturated heterocycles. The van der Waals surface area contributed by atoms with Gasteiger partial charge in [-0.15, -0.1) is 0 Å². The van der Waals surface area contributed by atoms with Crippen molar-refractivity contribution < 1.29 is 4.74 Å². The molecule has 1 N–H and O–H groups in total. The molecule has 0 amide bonds. The molecule has 0 fully saturated rings. The molecule has 0 bridgehead atoms. The quantitative estimate of drug-likeness (QED) is 0.890. The predicted octanol–water partition coefficient (Wildman–Crippen LogP) is 2.63. The highest BCUT2D eigenvalue weighted by Gasteiger charge is 2.17. The maximum Gasteiger partial charge on any atom is 0.212 e. The summed E-state index contributed by atoms with van der Waals surface area (Å²) in [5.74, 6) is 0.661. The first kappa shape index (κ1) is 16.0. The molecule has 1 aromatic carbocycles. The number of ether oxygens (including phenoxy) is 1. The highest BCUT2D eigenvalue weighted by molar-refractivity contribution is 5.29. The lowest BCUT2D eigenvalue weighted by Crippen LogP contribution is -2.41. The van der Waals surface area contributed by atoms with Crippen LogP contribution in [0.1, 0.15) is 23.6 Å². The summed E-state index contributed by atoms with van der Waals surface area (Å²) in [7, 11) is 1.64. The van der Waals surface area contributed by atoms with Crippen LogP contribution in [0.4, 0.5) is 0 Å². The maximum atomic E-state index is 5.09. The first-order valence-corrected chi connectivity index (χ1v) is 8.26. The molecule has 1 aliphatic heterocycles. The van der Waals surface area contributed by atoms with Gasteiger partial charge in [-0.05, 0) is 30.0 Å². The van der Waals surface area contributed by atoms with E-state index in [1.165, 1.54) is 16.7 Å². The molecule has 122 valence electrons. The van der Waals surface area contributed by atoms with Crippen LogP contribution in [0, 0.1) is 0 Å². The van der Waals surface area contributed by atoms with Gasteiger partial charge in [0.25, 0.3) is 0 Å². The number of fused-ring (bicyclic) bond motifs is 1. The molecule has 4 nitrogen and oxygen atoms in total. The van der Waals surface area contributed by atoms with E-state index >= 15 is 0 Å². The molecule has 4 heteroatoms. The van der Waals surface area contributed by atoms with Gasteiger partial charge < -0.3 is 10.1 Å². The van der Waals surface area contributed by atoms with E-state index in [0.717, 1.165) is 32.6 Å². The summed E-state index contributed by atoms with van der Waals surface area (Å²) in [5.41, 5.74) is 4.17. The first-order chi connectivity index (χ1) is 11.2. The van der Waals surface area contributed by atoms with E-state index in [4.69, 9.17) is 4.74 Å². The molecule has 23 heavy (non-hydrogen) atoms. The van der Waals surface area contributed by atoms with Crippen LogP contribution in [-0.2, 0) is 19.5 Å². The van der Waals surface area contributed by atoms with E-state index in [1.807, 2.05) is 12.3 Å². The van der Waals surface area contributed by atoms with Gasteiger partial charge in [0.05, 0.1) is 7.11 Å². The Morgan fingerprint density at radius 1 is 1.22 bits per heavy atom. The van der Waals surface area contributed by atoms with E-state index in [2.05, 4.69) is 52.5 Å². The molecule has 1 atom stereocenters. The number of benzene rings is 1. The van der Waals surface area contributed by atoms with E-state index in [-0.39, 0.29) is 0 Å². The highest BCUT2D eigenvalue weighted by Crippen LogP contribution is 2.18. The molecular weight excluding hydrogens is 286 g/mol. The number of methoxy groups -OCH3 is 1. The van der Waals surface area contributed by atoms with Crippen molar-refractivity contribution >= 4 is 0 Å². The normalized spacial score (nSPS) is 15.9. The van der Waals surface area contributed by atoms with E-state index in [1.54, 1.807) is 7.11 Å². The summed E-state index contributed by atoms with van der Waals surface area (Å²) < 4.78 is 5.09. The minimum absolute atomic E-state index is 0.447. The van der Waals surface area contributed by atoms with Crippen LogP contribution in [0.2, 0.25) is 0 Å². The minimum atomic E-state index is 0.447. The van der Waals surface area contributed by atoms with Crippen LogP contribution in [0.25, 0.3) is 0 Å². The van der Waals surface area contributed by atoms with E-state index < -0.39 is 0 Å². The van der Waals surface area contributed by atoms with Crippen LogP contribution in [0.3, 0.4) is 0 Å². The Kier molecular flexibility index (Phi) is 5.26. The zero-order chi connectivity index (χ0) is 16.1. The Labute approximate surface area is 138 Å². The third-order valence-corrected chi connectivity index (χ3v) is 4.40. The minimum Gasteiger partial charge on any atom is -0.481 e. The fraction of sp³-hybridized carbons (Fsp3) is 0.421. The van der Waals surface area contributed by atoms with Gasteiger partial charge in [-0.25, -0.2) is 4.98 Å². The second-order valence-electron chi connectivity index (χ2n) is 6.24. The van der Waals surface area contributed by atoms with E-state index in [9.17, 15) is 0 Å². The standard InChI is InChI=1S/C19H25N3O/c1-15(20-11-16-7-8-19(23-2)21-12-16)13-22-10-9-17-5-3-4-6-18(17)14-22/h3-8,12,15,20H,9-11,13-14H2,1-2H3. The lowest BCUT2D eigenvalue weighted by molar-refractivity contribution is 0.229. The van der Waals surface area contributed by atoms with Crippen molar-refractivity contribution in [1.82, 2.24) is 15.2 Å². The summed E-state index contributed by atoms with van der Waals surface area (Å²) in [4.78, 5) is 6.78.